The molecule has 0 unspecified atom stereocenters. The van der Waals surface area contributed by atoms with Crippen LogP contribution in [0.2, 0.25) is 0 Å². The van der Waals surface area contributed by atoms with Gasteiger partial charge in [0.1, 0.15) is 30.5 Å². The molecule has 5 rings (SSSR count). The number of fused-ring (bicyclic) bond motifs is 4. The predicted octanol–water partition coefficient (Wildman–Crippen LogP) is -0.0346. The van der Waals surface area contributed by atoms with Crippen molar-refractivity contribution in [3.05, 3.63) is 35.8 Å². The predicted molar refractivity (Wildman–Crippen MR) is 129 cm³/mol. The Morgan fingerprint density at radius 2 is 1.90 bits per heavy atom. The van der Waals surface area contributed by atoms with E-state index in [1.165, 1.54) is 25.7 Å². The second-order valence-corrected chi connectivity index (χ2v) is 11.5. The fourth-order valence-corrected chi connectivity index (χ4v) is 7.32. The highest BCUT2D eigenvalue weighted by Gasteiger charge is 2.68. The lowest BCUT2D eigenvalue weighted by Crippen LogP contribution is -2.60. The van der Waals surface area contributed by atoms with Gasteiger partial charge in [0.15, 0.2) is 6.29 Å². The summed E-state index contributed by atoms with van der Waals surface area (Å²) in [5.74, 6) is -2.00. The summed E-state index contributed by atoms with van der Waals surface area (Å²) in [5.41, 5.74) is -1.02. The van der Waals surface area contributed by atoms with Crippen molar-refractivity contribution in [1.29, 1.82) is 0 Å². The monoisotopic (exact) mass is 552 g/mol. The molecule has 2 aliphatic heterocycles. The summed E-state index contributed by atoms with van der Waals surface area (Å²) >= 11 is 0. The Labute approximate surface area is 225 Å². The molecular weight excluding hydrogens is 516 g/mol. The number of carbonyl (C=O) groups excluding carboxylic acids is 2. The maximum Gasteiger partial charge on any atom is 0.334 e. The number of methoxy groups -OCH3 is 1. The minimum absolute atomic E-state index is 0.162. The first-order valence-electron chi connectivity index (χ1n) is 13.1. The van der Waals surface area contributed by atoms with E-state index >= 15 is 0 Å². The molecule has 1 aromatic rings. The van der Waals surface area contributed by atoms with Crippen LogP contribution in [0.25, 0.3) is 0 Å². The third-order valence-corrected chi connectivity index (χ3v) is 9.49. The van der Waals surface area contributed by atoms with Gasteiger partial charge in [0.2, 0.25) is 0 Å². The molecule has 12 nitrogen and oxygen atoms in total. The molecule has 5 N–H and O–H groups in total. The maximum absolute atomic E-state index is 13.2. The average molecular weight is 553 g/mol. The van der Waals surface area contributed by atoms with Crippen LogP contribution in [-0.4, -0.2) is 94.1 Å². The molecule has 2 bridgehead atoms. The summed E-state index contributed by atoms with van der Waals surface area (Å²) in [6, 6.07) is 1.66. The van der Waals surface area contributed by atoms with Crippen LogP contribution in [0.4, 0.5) is 0 Å². The first kappa shape index (κ1) is 28.2. The SMILES string of the molecule is COC(=O)C1=C[C@H](O)C[C@H]2[C@](C)(C[C@H](O[C@@H]3O[C@H](CO)[C@@H](O)[C@H](O)[C@H]3O)c3ccoc3)[C@H]3C[C@H](OC3=O)[C@@]12C. The van der Waals surface area contributed by atoms with Gasteiger partial charge >= 0.3 is 11.9 Å². The van der Waals surface area contributed by atoms with Crippen LogP contribution < -0.4 is 0 Å². The zero-order valence-electron chi connectivity index (χ0n) is 22.0. The summed E-state index contributed by atoms with van der Waals surface area (Å²) in [6.45, 7) is 3.14. The van der Waals surface area contributed by atoms with Gasteiger partial charge in [-0.2, -0.15) is 0 Å². The van der Waals surface area contributed by atoms with Crippen LogP contribution in [0.1, 0.15) is 44.8 Å². The number of hydrogen-bond acceptors (Lipinski definition) is 12. The number of rotatable bonds is 7. The van der Waals surface area contributed by atoms with Crippen LogP contribution in [-0.2, 0) is 28.5 Å². The lowest BCUT2D eigenvalue weighted by molar-refractivity contribution is -0.315. The van der Waals surface area contributed by atoms with Crippen molar-refractivity contribution in [2.24, 2.45) is 22.7 Å². The number of aliphatic hydroxyl groups excluding tert-OH is 5. The largest absolute Gasteiger partial charge is 0.472 e. The van der Waals surface area contributed by atoms with Crippen molar-refractivity contribution in [2.45, 2.75) is 82.1 Å². The van der Waals surface area contributed by atoms with Crippen LogP contribution in [0.3, 0.4) is 0 Å². The Morgan fingerprint density at radius 1 is 1.15 bits per heavy atom. The molecule has 2 aliphatic carbocycles. The normalized spacial score (nSPS) is 44.3. The van der Waals surface area contributed by atoms with Crippen LogP contribution in [0, 0.1) is 22.7 Å². The standard InChI is InChI=1S/C27H36O12/c1-26(9-16(12-4-5-36-11-12)37-25-22(32)21(31)20(30)17(10-28)38-25)14-8-19(39-24(14)34)27(2)15(23(33)35-3)6-13(29)7-18(26)27/h4-6,11,13-14,16-22,25,28-32H,7-10H2,1-3H3/t13-,14-,16-,17+,18-,19-,20+,21-,22+,25+,26+,27-/m0/s1. The summed E-state index contributed by atoms with van der Waals surface area (Å²) in [7, 11) is 1.26. The number of ether oxygens (including phenoxy) is 4. The van der Waals surface area contributed by atoms with Crippen LogP contribution >= 0.6 is 0 Å². The van der Waals surface area contributed by atoms with Gasteiger partial charge in [0.25, 0.3) is 0 Å². The van der Waals surface area contributed by atoms with Crippen molar-refractivity contribution >= 4 is 11.9 Å². The van der Waals surface area contributed by atoms with E-state index in [9.17, 15) is 35.1 Å². The van der Waals surface area contributed by atoms with E-state index < -0.39 is 90.2 Å². The highest BCUT2D eigenvalue weighted by molar-refractivity contribution is 5.91. The zero-order chi connectivity index (χ0) is 28.3. The van der Waals surface area contributed by atoms with Gasteiger partial charge in [0.05, 0.1) is 44.4 Å². The van der Waals surface area contributed by atoms with Crippen molar-refractivity contribution in [3.8, 4) is 0 Å². The van der Waals surface area contributed by atoms with Gasteiger partial charge in [-0.25, -0.2) is 4.79 Å². The maximum atomic E-state index is 13.2. The summed E-state index contributed by atoms with van der Waals surface area (Å²) in [4.78, 5) is 26.1. The summed E-state index contributed by atoms with van der Waals surface area (Å²) < 4.78 is 28.0. The summed E-state index contributed by atoms with van der Waals surface area (Å²) in [5, 5.41) is 51.5. The fraction of sp³-hybridized carbons (Fsp3) is 0.704. The molecule has 2 saturated heterocycles. The van der Waals surface area contributed by atoms with E-state index in [1.807, 2.05) is 13.8 Å². The van der Waals surface area contributed by atoms with Gasteiger partial charge < -0.3 is 48.9 Å². The molecule has 39 heavy (non-hydrogen) atoms. The Morgan fingerprint density at radius 3 is 2.54 bits per heavy atom. The second kappa shape index (κ2) is 10.3. The molecule has 1 saturated carbocycles. The number of carbonyl (C=O) groups is 2. The lowest BCUT2D eigenvalue weighted by atomic mass is 9.46. The van der Waals surface area contributed by atoms with Gasteiger partial charge in [-0.1, -0.05) is 13.8 Å². The number of esters is 2. The highest BCUT2D eigenvalue weighted by atomic mass is 16.7. The van der Waals surface area contributed by atoms with Crippen molar-refractivity contribution < 1.29 is 58.5 Å². The molecule has 3 heterocycles. The molecular formula is C27H36O12. The molecule has 4 aliphatic rings. The molecule has 1 aromatic heterocycles. The van der Waals surface area contributed by atoms with E-state index in [4.69, 9.17) is 23.4 Å². The first-order chi connectivity index (χ1) is 18.4. The Kier molecular flexibility index (Phi) is 7.42. The highest BCUT2D eigenvalue weighted by Crippen LogP contribution is 2.66. The Bertz CT molecular complexity index is 1100. The van der Waals surface area contributed by atoms with Gasteiger partial charge in [-0.05, 0) is 42.7 Å². The number of hydrogen-bond donors (Lipinski definition) is 5. The summed E-state index contributed by atoms with van der Waals surface area (Å²) in [6.07, 6.45) is -4.65. The van der Waals surface area contributed by atoms with Gasteiger partial charge in [-0.3, -0.25) is 4.79 Å². The van der Waals surface area contributed by atoms with Crippen LogP contribution in [0.5, 0.6) is 0 Å². The van der Waals surface area contributed by atoms with Gasteiger partial charge in [-0.15, -0.1) is 0 Å². The second-order valence-electron chi connectivity index (χ2n) is 11.5. The molecule has 0 aromatic carbocycles. The molecule has 0 radical (unpaired) electrons. The molecule has 0 spiro atoms. The van der Waals surface area contributed by atoms with E-state index in [2.05, 4.69) is 0 Å². The molecule has 0 amide bonds. The first-order valence-corrected chi connectivity index (χ1v) is 13.1. The van der Waals surface area contributed by atoms with Crippen molar-refractivity contribution in [1.82, 2.24) is 0 Å². The topological polar surface area (TPSA) is 185 Å². The quantitative estimate of drug-likeness (QED) is 0.285. The third-order valence-electron chi connectivity index (χ3n) is 9.49. The number of furan rings is 1. The Balaban J connectivity index is 1.53. The number of aliphatic hydroxyl groups is 5. The molecule has 12 heteroatoms. The van der Waals surface area contributed by atoms with Crippen LogP contribution in [0.15, 0.2) is 34.7 Å². The molecule has 12 atom stereocenters. The van der Waals surface area contributed by atoms with E-state index in [1.54, 1.807) is 6.07 Å². The lowest BCUT2D eigenvalue weighted by Gasteiger charge is -2.57. The third kappa shape index (κ3) is 4.42. The van der Waals surface area contributed by atoms with E-state index in [0.717, 1.165) is 0 Å². The zero-order valence-corrected chi connectivity index (χ0v) is 22.0. The smallest absolute Gasteiger partial charge is 0.334 e. The van der Waals surface area contributed by atoms with E-state index in [0.29, 0.717) is 12.0 Å². The van der Waals surface area contributed by atoms with E-state index in [-0.39, 0.29) is 18.4 Å². The minimum atomic E-state index is -1.63. The average Bonchev–Trinajstić information content (AvgIpc) is 3.58. The van der Waals surface area contributed by atoms with Crippen molar-refractivity contribution in [3.63, 3.8) is 0 Å². The molecule has 3 fully saturated rings. The Hall–Kier alpha value is -2.32. The fourth-order valence-electron chi connectivity index (χ4n) is 7.32. The minimum Gasteiger partial charge on any atom is -0.472 e. The van der Waals surface area contributed by atoms with Gasteiger partial charge in [0, 0.05) is 16.6 Å². The molecule has 216 valence electrons. The van der Waals surface area contributed by atoms with Crippen molar-refractivity contribution in [2.75, 3.05) is 13.7 Å².